The minimum Gasteiger partial charge on any atom is -0.369 e. The number of aromatic nitrogens is 3. The third-order valence-corrected chi connectivity index (χ3v) is 3.16. The van der Waals surface area contributed by atoms with E-state index < -0.39 is 0 Å². The van der Waals surface area contributed by atoms with Gasteiger partial charge in [-0.1, -0.05) is 0 Å². The standard InChI is InChI=1S/C11H19N5S/c17-11-14-10(9-13-15-11)12-5-1-2-6-16-7-3-4-8-16/h9H,1-8H2,(H2,12,14,15,17). The minimum atomic E-state index is 0.423. The van der Waals surface area contributed by atoms with E-state index in [-0.39, 0.29) is 0 Å². The summed E-state index contributed by atoms with van der Waals surface area (Å²) in [5.74, 6) is 0.759. The summed E-state index contributed by atoms with van der Waals surface area (Å²) in [4.78, 5) is 6.66. The zero-order valence-electron chi connectivity index (χ0n) is 9.98. The third kappa shape index (κ3) is 4.40. The Kier molecular flexibility index (Phi) is 4.88. The van der Waals surface area contributed by atoms with Crippen LogP contribution in [0.2, 0.25) is 0 Å². The molecule has 0 bridgehead atoms. The lowest BCUT2D eigenvalue weighted by Gasteiger charge is -2.13. The van der Waals surface area contributed by atoms with Crippen LogP contribution in [-0.2, 0) is 0 Å². The highest BCUT2D eigenvalue weighted by Crippen LogP contribution is 2.08. The Labute approximate surface area is 107 Å². The molecule has 0 spiro atoms. The van der Waals surface area contributed by atoms with Gasteiger partial charge in [0.15, 0.2) is 0 Å². The molecule has 5 nitrogen and oxygen atoms in total. The van der Waals surface area contributed by atoms with Gasteiger partial charge in [0, 0.05) is 6.54 Å². The summed E-state index contributed by atoms with van der Waals surface area (Å²) in [5.41, 5.74) is 0. The van der Waals surface area contributed by atoms with Gasteiger partial charge in [-0.3, -0.25) is 5.10 Å². The van der Waals surface area contributed by atoms with Crippen molar-refractivity contribution in [2.24, 2.45) is 0 Å². The average molecular weight is 253 g/mol. The van der Waals surface area contributed by atoms with Gasteiger partial charge >= 0.3 is 0 Å². The van der Waals surface area contributed by atoms with Gasteiger partial charge in [0.2, 0.25) is 4.77 Å². The molecule has 0 amide bonds. The second-order valence-electron chi connectivity index (χ2n) is 4.35. The van der Waals surface area contributed by atoms with Gasteiger partial charge in [-0.2, -0.15) is 5.10 Å². The van der Waals surface area contributed by atoms with Crippen LogP contribution < -0.4 is 5.32 Å². The zero-order chi connectivity index (χ0) is 11.9. The topological polar surface area (TPSA) is 56.8 Å². The smallest absolute Gasteiger partial charge is 0.215 e. The number of anilines is 1. The number of unbranched alkanes of at least 4 members (excludes halogenated alkanes) is 1. The molecule has 2 N–H and O–H groups in total. The number of hydrogen-bond donors (Lipinski definition) is 2. The predicted molar refractivity (Wildman–Crippen MR) is 70.6 cm³/mol. The molecule has 0 aliphatic carbocycles. The molecule has 0 unspecified atom stereocenters. The van der Waals surface area contributed by atoms with Crippen molar-refractivity contribution in [3.8, 4) is 0 Å². The van der Waals surface area contributed by atoms with Crippen molar-refractivity contribution in [1.29, 1.82) is 0 Å². The molecule has 17 heavy (non-hydrogen) atoms. The van der Waals surface area contributed by atoms with E-state index in [9.17, 15) is 0 Å². The van der Waals surface area contributed by atoms with Gasteiger partial charge in [-0.25, -0.2) is 4.98 Å². The van der Waals surface area contributed by atoms with E-state index in [1.165, 1.54) is 38.9 Å². The summed E-state index contributed by atoms with van der Waals surface area (Å²) in [6.07, 6.45) is 6.80. The summed E-state index contributed by atoms with van der Waals surface area (Å²) < 4.78 is 0.423. The molecule has 2 rings (SSSR count). The molecule has 94 valence electrons. The molecule has 1 aromatic rings. The highest BCUT2D eigenvalue weighted by atomic mass is 32.1. The number of H-pyrrole nitrogens is 1. The molecule has 6 heteroatoms. The normalized spacial score (nSPS) is 16.2. The monoisotopic (exact) mass is 253 g/mol. The highest BCUT2D eigenvalue weighted by Gasteiger charge is 2.09. The maximum Gasteiger partial charge on any atom is 0.215 e. The van der Waals surface area contributed by atoms with Crippen LogP contribution in [0.3, 0.4) is 0 Å². The molecule has 1 aromatic heterocycles. The van der Waals surface area contributed by atoms with Crippen molar-refractivity contribution in [3.63, 3.8) is 0 Å². The first kappa shape index (κ1) is 12.4. The molecule has 1 saturated heterocycles. The van der Waals surface area contributed by atoms with Gasteiger partial charge in [-0.05, 0) is 57.5 Å². The van der Waals surface area contributed by atoms with Crippen LogP contribution in [-0.4, -0.2) is 46.3 Å². The van der Waals surface area contributed by atoms with Crippen LogP contribution in [0.25, 0.3) is 0 Å². The molecule has 1 aliphatic heterocycles. The highest BCUT2D eigenvalue weighted by molar-refractivity contribution is 7.71. The van der Waals surface area contributed by atoms with Crippen LogP contribution >= 0.6 is 12.2 Å². The van der Waals surface area contributed by atoms with Crippen LogP contribution in [0.15, 0.2) is 6.20 Å². The van der Waals surface area contributed by atoms with Crippen LogP contribution in [0, 0.1) is 4.77 Å². The van der Waals surface area contributed by atoms with E-state index in [4.69, 9.17) is 12.2 Å². The first-order valence-corrected chi connectivity index (χ1v) is 6.63. The Bertz CT molecular complexity index is 385. The Morgan fingerprint density at radius 1 is 1.35 bits per heavy atom. The molecule has 2 heterocycles. The predicted octanol–water partition coefficient (Wildman–Crippen LogP) is 1.82. The van der Waals surface area contributed by atoms with Gasteiger partial charge in [-0.15, -0.1) is 0 Å². The van der Waals surface area contributed by atoms with E-state index in [0.29, 0.717) is 4.77 Å². The lowest BCUT2D eigenvalue weighted by molar-refractivity contribution is 0.331. The van der Waals surface area contributed by atoms with E-state index in [0.717, 1.165) is 18.8 Å². The SMILES string of the molecule is S=c1nc(NCCCCN2CCCC2)cn[nH]1. The van der Waals surface area contributed by atoms with Crippen molar-refractivity contribution in [1.82, 2.24) is 20.1 Å². The Morgan fingerprint density at radius 2 is 2.18 bits per heavy atom. The van der Waals surface area contributed by atoms with Crippen molar-refractivity contribution in [3.05, 3.63) is 11.0 Å². The first-order valence-electron chi connectivity index (χ1n) is 6.22. The second kappa shape index (κ2) is 6.66. The van der Waals surface area contributed by atoms with Crippen molar-refractivity contribution in [2.75, 3.05) is 31.5 Å². The van der Waals surface area contributed by atoms with Crippen molar-refractivity contribution >= 4 is 18.0 Å². The van der Waals surface area contributed by atoms with E-state index in [1.807, 2.05) is 0 Å². The summed E-state index contributed by atoms with van der Waals surface area (Å²) in [5, 5.41) is 9.73. The van der Waals surface area contributed by atoms with Crippen molar-refractivity contribution in [2.45, 2.75) is 25.7 Å². The molecule has 0 saturated carbocycles. The van der Waals surface area contributed by atoms with Crippen LogP contribution in [0.1, 0.15) is 25.7 Å². The fourth-order valence-electron chi connectivity index (χ4n) is 2.08. The maximum absolute atomic E-state index is 4.90. The molecule has 0 atom stereocenters. The van der Waals surface area contributed by atoms with Crippen LogP contribution in [0.5, 0.6) is 0 Å². The quantitative estimate of drug-likeness (QED) is 0.598. The molecule has 0 aromatic carbocycles. The van der Waals surface area contributed by atoms with Crippen molar-refractivity contribution < 1.29 is 0 Å². The summed E-state index contributed by atoms with van der Waals surface area (Å²) in [7, 11) is 0. The van der Waals surface area contributed by atoms with Gasteiger partial charge < -0.3 is 10.2 Å². The fraction of sp³-hybridized carbons (Fsp3) is 0.727. The van der Waals surface area contributed by atoms with Gasteiger partial charge in [0.05, 0.1) is 6.20 Å². The molecule has 1 aliphatic rings. The minimum absolute atomic E-state index is 0.423. The first-order chi connectivity index (χ1) is 8.34. The third-order valence-electron chi connectivity index (χ3n) is 2.97. The number of nitrogens with one attached hydrogen (secondary N) is 2. The molecular weight excluding hydrogens is 234 g/mol. The Morgan fingerprint density at radius 3 is 2.94 bits per heavy atom. The average Bonchev–Trinajstić information content (AvgIpc) is 2.82. The second-order valence-corrected chi connectivity index (χ2v) is 4.74. The molecule has 1 fully saturated rings. The van der Waals surface area contributed by atoms with E-state index in [2.05, 4.69) is 25.4 Å². The zero-order valence-corrected chi connectivity index (χ0v) is 10.8. The Balaban J connectivity index is 1.58. The van der Waals surface area contributed by atoms with Gasteiger partial charge in [0.25, 0.3) is 0 Å². The number of likely N-dealkylation sites (tertiary alicyclic amines) is 1. The summed E-state index contributed by atoms with van der Waals surface area (Å²) in [6, 6.07) is 0. The number of aromatic amines is 1. The van der Waals surface area contributed by atoms with Crippen LogP contribution in [0.4, 0.5) is 5.82 Å². The number of rotatable bonds is 6. The van der Waals surface area contributed by atoms with Gasteiger partial charge in [0.1, 0.15) is 5.82 Å². The summed E-state index contributed by atoms with van der Waals surface area (Å²) >= 11 is 4.90. The Hall–Kier alpha value is -1.01. The molecular formula is C11H19N5S. The summed E-state index contributed by atoms with van der Waals surface area (Å²) in [6.45, 7) is 4.73. The lowest BCUT2D eigenvalue weighted by atomic mass is 10.3. The fourth-order valence-corrected chi connectivity index (χ4v) is 2.23. The van der Waals surface area contributed by atoms with E-state index >= 15 is 0 Å². The largest absolute Gasteiger partial charge is 0.369 e. The molecule has 0 radical (unpaired) electrons. The number of hydrogen-bond acceptors (Lipinski definition) is 5. The van der Waals surface area contributed by atoms with E-state index in [1.54, 1.807) is 6.20 Å². The maximum atomic E-state index is 4.90. The lowest BCUT2D eigenvalue weighted by Crippen LogP contribution is -2.20. The number of nitrogens with zero attached hydrogens (tertiary/aromatic N) is 3.